The van der Waals surface area contributed by atoms with E-state index in [9.17, 15) is 9.18 Å². The maximum Gasteiger partial charge on any atom is 0.234 e. The van der Waals surface area contributed by atoms with E-state index in [1.807, 2.05) is 0 Å². The van der Waals surface area contributed by atoms with Crippen molar-refractivity contribution >= 4 is 17.5 Å². The molecule has 1 rings (SSSR count). The number of hydrogen-bond acceptors (Lipinski definition) is 2. The van der Waals surface area contributed by atoms with E-state index in [-0.39, 0.29) is 19.0 Å². The van der Waals surface area contributed by atoms with Gasteiger partial charge in [0, 0.05) is 17.1 Å². The Bertz CT molecular complexity index is 357. The molecule has 0 aliphatic heterocycles. The van der Waals surface area contributed by atoms with E-state index in [0.717, 1.165) is 0 Å². The second-order valence-corrected chi connectivity index (χ2v) is 3.48. The summed E-state index contributed by atoms with van der Waals surface area (Å²) in [5, 5.41) is 5.62. The highest BCUT2D eigenvalue weighted by molar-refractivity contribution is 6.30. The highest BCUT2D eigenvalue weighted by Gasteiger charge is 2.04. The Labute approximate surface area is 92.6 Å². The Morgan fingerprint density at radius 3 is 2.87 bits per heavy atom. The lowest BCUT2D eigenvalue weighted by Gasteiger charge is -2.06. The summed E-state index contributed by atoms with van der Waals surface area (Å²) >= 11 is 5.59. The third-order valence-corrected chi connectivity index (χ3v) is 2.06. The molecule has 0 aliphatic rings. The van der Waals surface area contributed by atoms with Crippen molar-refractivity contribution in [3.8, 4) is 0 Å². The maximum absolute atomic E-state index is 13.2. The van der Waals surface area contributed by atoms with Gasteiger partial charge in [-0.1, -0.05) is 17.7 Å². The van der Waals surface area contributed by atoms with Crippen molar-refractivity contribution in [1.82, 2.24) is 10.6 Å². The molecule has 2 N–H and O–H groups in total. The van der Waals surface area contributed by atoms with Gasteiger partial charge in [-0.15, -0.1) is 0 Å². The fourth-order valence-corrected chi connectivity index (χ4v) is 1.24. The minimum atomic E-state index is -0.410. The second-order valence-electron chi connectivity index (χ2n) is 3.04. The van der Waals surface area contributed by atoms with Gasteiger partial charge in [0.2, 0.25) is 5.91 Å². The van der Waals surface area contributed by atoms with Gasteiger partial charge in [-0.2, -0.15) is 0 Å². The lowest BCUT2D eigenvalue weighted by Crippen LogP contribution is -2.31. The summed E-state index contributed by atoms with van der Waals surface area (Å²) in [7, 11) is 1.67. The molecule has 0 fully saturated rings. The van der Waals surface area contributed by atoms with E-state index in [1.54, 1.807) is 19.2 Å². The number of hydrogen-bond donors (Lipinski definition) is 2. The Hall–Kier alpha value is -1.13. The molecule has 0 saturated heterocycles. The third-order valence-electron chi connectivity index (χ3n) is 1.83. The van der Waals surface area contributed by atoms with Crippen molar-refractivity contribution in [2.45, 2.75) is 6.54 Å². The highest BCUT2D eigenvalue weighted by atomic mass is 35.5. The largest absolute Gasteiger partial charge is 0.351 e. The van der Waals surface area contributed by atoms with Crippen LogP contribution in [0.25, 0.3) is 0 Å². The lowest BCUT2D eigenvalue weighted by molar-refractivity contribution is -0.120. The van der Waals surface area contributed by atoms with Crippen LogP contribution in [0.1, 0.15) is 5.56 Å². The minimum absolute atomic E-state index is 0.170. The van der Waals surface area contributed by atoms with E-state index in [0.29, 0.717) is 10.6 Å². The van der Waals surface area contributed by atoms with Gasteiger partial charge in [0.05, 0.1) is 6.54 Å². The standard InChI is InChI=1S/C10H12ClFN2O/c1-13-6-10(15)14-5-7-2-3-8(11)4-9(7)12/h2-4,13H,5-6H2,1H3,(H,14,15). The molecule has 0 bridgehead atoms. The number of benzene rings is 1. The molecule has 0 saturated carbocycles. The molecule has 0 radical (unpaired) electrons. The van der Waals surface area contributed by atoms with Gasteiger partial charge in [-0.05, 0) is 19.2 Å². The summed E-state index contributed by atoms with van der Waals surface area (Å²) < 4.78 is 13.2. The quantitative estimate of drug-likeness (QED) is 0.819. The van der Waals surface area contributed by atoms with Crippen LogP contribution in [0.3, 0.4) is 0 Å². The predicted molar refractivity (Wildman–Crippen MR) is 57.2 cm³/mol. The van der Waals surface area contributed by atoms with E-state index in [2.05, 4.69) is 10.6 Å². The molecule has 1 aromatic rings. The van der Waals surface area contributed by atoms with E-state index in [4.69, 9.17) is 11.6 Å². The molecule has 1 aromatic carbocycles. The average Bonchev–Trinajstić information content (AvgIpc) is 2.17. The molecule has 5 heteroatoms. The molecular formula is C10H12ClFN2O. The van der Waals surface area contributed by atoms with E-state index < -0.39 is 5.82 Å². The molecular weight excluding hydrogens is 219 g/mol. The van der Waals surface area contributed by atoms with E-state index in [1.165, 1.54) is 6.07 Å². The zero-order valence-electron chi connectivity index (χ0n) is 8.31. The summed E-state index contributed by atoms with van der Waals surface area (Å²) in [6.07, 6.45) is 0. The second kappa shape index (κ2) is 5.68. The van der Waals surface area contributed by atoms with Crippen LogP contribution in [0.2, 0.25) is 5.02 Å². The third kappa shape index (κ3) is 3.85. The summed E-state index contributed by atoms with van der Waals surface area (Å²) in [6.45, 7) is 0.388. The number of carbonyl (C=O) groups excluding carboxylic acids is 1. The summed E-state index contributed by atoms with van der Waals surface area (Å²) in [6, 6.07) is 4.36. The lowest BCUT2D eigenvalue weighted by atomic mass is 10.2. The first-order valence-corrected chi connectivity index (χ1v) is 4.86. The van der Waals surface area contributed by atoms with Gasteiger partial charge < -0.3 is 10.6 Å². The monoisotopic (exact) mass is 230 g/mol. The summed E-state index contributed by atoms with van der Waals surface area (Å²) in [4.78, 5) is 11.1. The fraction of sp³-hybridized carbons (Fsp3) is 0.300. The zero-order valence-corrected chi connectivity index (χ0v) is 9.07. The fourth-order valence-electron chi connectivity index (χ4n) is 1.08. The van der Waals surface area contributed by atoms with Gasteiger partial charge >= 0.3 is 0 Å². The van der Waals surface area contributed by atoms with Crippen LogP contribution in [-0.2, 0) is 11.3 Å². The van der Waals surface area contributed by atoms with Crippen molar-refractivity contribution in [1.29, 1.82) is 0 Å². The van der Waals surface area contributed by atoms with Gasteiger partial charge in [0.25, 0.3) is 0 Å². The van der Waals surface area contributed by atoms with Crippen LogP contribution in [0.5, 0.6) is 0 Å². The Morgan fingerprint density at radius 2 is 2.27 bits per heavy atom. The van der Waals surface area contributed by atoms with Crippen LogP contribution in [0, 0.1) is 5.82 Å². The van der Waals surface area contributed by atoms with Crippen LogP contribution in [0.15, 0.2) is 18.2 Å². The van der Waals surface area contributed by atoms with Crippen molar-refractivity contribution < 1.29 is 9.18 Å². The molecule has 3 nitrogen and oxygen atoms in total. The van der Waals surface area contributed by atoms with Crippen molar-refractivity contribution in [3.05, 3.63) is 34.6 Å². The first-order valence-electron chi connectivity index (χ1n) is 4.48. The van der Waals surface area contributed by atoms with Crippen LogP contribution in [0.4, 0.5) is 4.39 Å². The van der Waals surface area contributed by atoms with Crippen molar-refractivity contribution in [3.63, 3.8) is 0 Å². The molecule has 15 heavy (non-hydrogen) atoms. The smallest absolute Gasteiger partial charge is 0.234 e. The number of rotatable bonds is 4. The summed E-state index contributed by atoms with van der Waals surface area (Å²) in [5.41, 5.74) is 0.420. The van der Waals surface area contributed by atoms with Gasteiger partial charge in [0.15, 0.2) is 0 Å². The van der Waals surface area contributed by atoms with Crippen LogP contribution >= 0.6 is 11.6 Å². The summed E-state index contributed by atoms with van der Waals surface area (Å²) in [5.74, 6) is -0.584. The molecule has 1 amide bonds. The Balaban J connectivity index is 2.54. The number of nitrogens with one attached hydrogen (secondary N) is 2. The number of likely N-dealkylation sites (N-methyl/N-ethyl adjacent to an activating group) is 1. The van der Waals surface area contributed by atoms with Gasteiger partial charge in [0.1, 0.15) is 5.82 Å². The minimum Gasteiger partial charge on any atom is -0.351 e. The topological polar surface area (TPSA) is 41.1 Å². The van der Waals surface area contributed by atoms with Crippen molar-refractivity contribution in [2.75, 3.05) is 13.6 Å². The maximum atomic E-state index is 13.2. The van der Waals surface area contributed by atoms with Gasteiger partial charge in [-0.25, -0.2) is 4.39 Å². The Morgan fingerprint density at radius 1 is 1.53 bits per heavy atom. The van der Waals surface area contributed by atoms with Gasteiger partial charge in [-0.3, -0.25) is 4.79 Å². The van der Waals surface area contributed by atoms with Crippen LogP contribution < -0.4 is 10.6 Å². The predicted octanol–water partition coefficient (Wildman–Crippen LogP) is 1.31. The highest BCUT2D eigenvalue weighted by Crippen LogP contribution is 2.14. The molecule has 0 heterocycles. The number of carbonyl (C=O) groups is 1. The van der Waals surface area contributed by atoms with E-state index >= 15 is 0 Å². The molecule has 0 unspecified atom stereocenters. The van der Waals surface area contributed by atoms with Crippen LogP contribution in [-0.4, -0.2) is 19.5 Å². The zero-order chi connectivity index (χ0) is 11.3. The number of halogens is 2. The molecule has 0 spiro atoms. The molecule has 82 valence electrons. The molecule has 0 aliphatic carbocycles. The first kappa shape index (κ1) is 11.9. The molecule has 0 atom stereocenters. The average molecular weight is 231 g/mol. The number of amides is 1. The SMILES string of the molecule is CNCC(=O)NCc1ccc(Cl)cc1F. The normalized spacial score (nSPS) is 10.1. The van der Waals surface area contributed by atoms with Crippen molar-refractivity contribution in [2.24, 2.45) is 0 Å². The first-order chi connectivity index (χ1) is 7.13. The Kier molecular flexibility index (Phi) is 4.52. The molecule has 0 aromatic heterocycles.